The molecule has 1 aliphatic rings. The summed E-state index contributed by atoms with van der Waals surface area (Å²) in [5.74, 6) is -0.918. The molecule has 0 atom stereocenters. The Bertz CT molecular complexity index is 1360. The molecule has 2 aromatic carbocycles. The first-order valence-corrected chi connectivity index (χ1v) is 12.4. The lowest BCUT2D eigenvalue weighted by atomic mass is 10.1. The molecule has 1 aliphatic heterocycles. The Labute approximate surface area is 207 Å². The maximum Gasteiger partial charge on any atom is 0.337 e. The highest BCUT2D eigenvalue weighted by molar-refractivity contribution is 7.07. The summed E-state index contributed by atoms with van der Waals surface area (Å²) in [5, 5.41) is 0. The van der Waals surface area contributed by atoms with E-state index in [2.05, 4.69) is 17.0 Å². The van der Waals surface area contributed by atoms with Crippen LogP contribution in [0.4, 0.5) is 5.69 Å². The third-order valence-electron chi connectivity index (χ3n) is 5.84. The maximum atomic E-state index is 13.3. The van der Waals surface area contributed by atoms with Crippen LogP contribution in [0.25, 0.3) is 12.2 Å². The van der Waals surface area contributed by atoms with Crippen LogP contribution in [0.2, 0.25) is 0 Å². The summed E-state index contributed by atoms with van der Waals surface area (Å²) in [5.41, 5.74) is 3.17. The predicted molar refractivity (Wildman–Crippen MR) is 137 cm³/mol. The summed E-state index contributed by atoms with van der Waals surface area (Å²) in [6.07, 6.45) is 5.63. The number of anilines is 1. The first-order valence-electron chi connectivity index (χ1n) is 11.6. The number of rotatable bonds is 7. The number of benzene rings is 2. The van der Waals surface area contributed by atoms with Crippen molar-refractivity contribution in [3.05, 3.63) is 84.8 Å². The minimum absolute atomic E-state index is 0.189. The number of hydrogen-bond acceptors (Lipinski definition) is 7. The van der Waals surface area contributed by atoms with Crippen LogP contribution in [0, 0.1) is 0 Å². The Kier molecular flexibility index (Phi) is 7.82. The van der Waals surface area contributed by atoms with E-state index >= 15 is 0 Å². The molecule has 0 aliphatic carbocycles. The highest BCUT2D eigenvalue weighted by Crippen LogP contribution is 2.20. The van der Waals surface area contributed by atoms with Crippen molar-refractivity contribution in [1.82, 2.24) is 4.57 Å². The van der Waals surface area contributed by atoms with Crippen LogP contribution >= 0.6 is 11.3 Å². The first kappa shape index (κ1) is 24.5. The molecule has 8 heteroatoms. The molecule has 1 saturated heterocycles. The van der Waals surface area contributed by atoms with Gasteiger partial charge in [0, 0.05) is 18.8 Å². The van der Waals surface area contributed by atoms with Gasteiger partial charge in [-0.3, -0.25) is 9.36 Å². The number of thiazole rings is 1. The summed E-state index contributed by atoms with van der Waals surface area (Å²) in [7, 11) is 1.33. The van der Waals surface area contributed by atoms with Crippen LogP contribution in [-0.4, -0.2) is 43.3 Å². The van der Waals surface area contributed by atoms with E-state index in [-0.39, 0.29) is 18.7 Å². The van der Waals surface area contributed by atoms with E-state index < -0.39 is 11.9 Å². The number of aromatic nitrogens is 1. The molecular formula is C27H28N2O5S. The van der Waals surface area contributed by atoms with Crippen molar-refractivity contribution >= 4 is 41.1 Å². The SMILES string of the molecule is CCOC(=O)/C=c1\s/c(=C\c2ccc(N3CCCC3)cc2)c(=O)n1Cc1ccc(C(=O)OC)cc1. The second-order valence-corrected chi connectivity index (χ2v) is 9.27. The molecule has 0 unspecified atom stereocenters. The average Bonchev–Trinajstić information content (AvgIpc) is 3.50. The fourth-order valence-electron chi connectivity index (χ4n) is 4.03. The minimum atomic E-state index is -0.495. The summed E-state index contributed by atoms with van der Waals surface area (Å²) >= 11 is 1.25. The summed E-state index contributed by atoms with van der Waals surface area (Å²) in [4.78, 5) is 39.6. The number of methoxy groups -OCH3 is 1. The molecule has 4 rings (SSSR count). The lowest BCUT2D eigenvalue weighted by Gasteiger charge is -2.17. The lowest BCUT2D eigenvalue weighted by molar-refractivity contribution is -0.135. The Morgan fingerprint density at radius 3 is 2.34 bits per heavy atom. The average molecular weight is 493 g/mol. The van der Waals surface area contributed by atoms with E-state index in [1.54, 1.807) is 35.8 Å². The van der Waals surface area contributed by atoms with E-state index in [0.29, 0.717) is 14.8 Å². The van der Waals surface area contributed by atoms with Crippen molar-refractivity contribution in [1.29, 1.82) is 0 Å². The van der Waals surface area contributed by atoms with Gasteiger partial charge in [-0.05, 0) is 61.2 Å². The topological polar surface area (TPSA) is 77.8 Å². The number of esters is 2. The van der Waals surface area contributed by atoms with Crippen LogP contribution in [0.5, 0.6) is 0 Å². The monoisotopic (exact) mass is 492 g/mol. The number of hydrogen-bond donors (Lipinski definition) is 0. The molecule has 3 aromatic rings. The van der Waals surface area contributed by atoms with Crippen LogP contribution in [0.1, 0.15) is 41.3 Å². The predicted octanol–water partition coefficient (Wildman–Crippen LogP) is 2.52. The van der Waals surface area contributed by atoms with Gasteiger partial charge in [0.15, 0.2) is 0 Å². The molecule has 0 N–H and O–H groups in total. The third-order valence-corrected chi connectivity index (χ3v) is 6.90. The quantitative estimate of drug-likeness (QED) is 0.472. The molecule has 0 bridgehead atoms. The number of ether oxygens (including phenoxy) is 2. The van der Waals surface area contributed by atoms with Crippen molar-refractivity contribution in [2.75, 3.05) is 31.7 Å². The van der Waals surface area contributed by atoms with Crippen LogP contribution in [0.3, 0.4) is 0 Å². The minimum Gasteiger partial charge on any atom is -0.465 e. The van der Waals surface area contributed by atoms with Crippen LogP contribution in [0.15, 0.2) is 53.3 Å². The van der Waals surface area contributed by atoms with Gasteiger partial charge in [-0.2, -0.15) is 0 Å². The van der Waals surface area contributed by atoms with E-state index in [1.807, 2.05) is 18.2 Å². The van der Waals surface area contributed by atoms with Gasteiger partial charge in [0.2, 0.25) is 0 Å². The van der Waals surface area contributed by atoms with Gasteiger partial charge < -0.3 is 14.4 Å². The smallest absolute Gasteiger partial charge is 0.337 e. The van der Waals surface area contributed by atoms with Crippen LogP contribution < -0.4 is 19.7 Å². The van der Waals surface area contributed by atoms with Crippen molar-refractivity contribution in [2.45, 2.75) is 26.3 Å². The zero-order valence-electron chi connectivity index (χ0n) is 19.9. The summed E-state index contributed by atoms with van der Waals surface area (Å²) in [6, 6.07) is 15.0. The van der Waals surface area contributed by atoms with Crippen molar-refractivity contribution < 1.29 is 19.1 Å². The van der Waals surface area contributed by atoms with Gasteiger partial charge in [0.25, 0.3) is 5.56 Å². The second-order valence-electron chi connectivity index (χ2n) is 8.21. The normalized spacial score (nSPS) is 14.4. The molecular weight excluding hydrogens is 464 g/mol. The van der Waals surface area contributed by atoms with Gasteiger partial charge >= 0.3 is 11.9 Å². The van der Waals surface area contributed by atoms with E-state index in [1.165, 1.54) is 43.1 Å². The Hall–Kier alpha value is -3.65. The third kappa shape index (κ3) is 5.89. The summed E-state index contributed by atoms with van der Waals surface area (Å²) in [6.45, 7) is 4.39. The molecule has 0 radical (unpaired) electrons. The van der Waals surface area contributed by atoms with Crippen molar-refractivity contribution in [2.24, 2.45) is 0 Å². The second kappa shape index (κ2) is 11.2. The standard InChI is InChI=1S/C27H28N2O5S/c1-3-34-25(30)17-24-29(18-20-6-10-21(11-7-20)27(32)33-2)26(31)23(35-24)16-19-8-12-22(13-9-19)28-14-4-5-15-28/h6-13,16-17H,3-5,14-15,18H2,1-2H3/b23-16-,24-17-. The Morgan fingerprint density at radius 2 is 1.71 bits per heavy atom. The first-order chi connectivity index (χ1) is 17.0. The van der Waals surface area contributed by atoms with Gasteiger partial charge in [0.1, 0.15) is 4.66 Å². The van der Waals surface area contributed by atoms with Crippen molar-refractivity contribution in [3.8, 4) is 0 Å². The van der Waals surface area contributed by atoms with E-state index in [9.17, 15) is 14.4 Å². The molecule has 182 valence electrons. The lowest BCUT2D eigenvalue weighted by Crippen LogP contribution is -2.32. The maximum absolute atomic E-state index is 13.3. The number of carbonyl (C=O) groups is 2. The zero-order valence-corrected chi connectivity index (χ0v) is 20.7. The fraction of sp³-hybridized carbons (Fsp3) is 0.296. The highest BCUT2D eigenvalue weighted by Gasteiger charge is 2.12. The van der Waals surface area contributed by atoms with Crippen molar-refractivity contribution in [3.63, 3.8) is 0 Å². The molecule has 1 fully saturated rings. The zero-order chi connectivity index (χ0) is 24.8. The highest BCUT2D eigenvalue weighted by atomic mass is 32.1. The molecule has 7 nitrogen and oxygen atoms in total. The van der Waals surface area contributed by atoms with Gasteiger partial charge in [0.05, 0.1) is 36.4 Å². The number of carbonyl (C=O) groups excluding carboxylic acids is 2. The Morgan fingerprint density at radius 1 is 1.03 bits per heavy atom. The van der Waals surface area contributed by atoms with Crippen LogP contribution in [-0.2, 0) is 20.8 Å². The Balaban J connectivity index is 1.69. The molecule has 1 aromatic heterocycles. The number of nitrogens with zero attached hydrogens (tertiary/aromatic N) is 2. The molecule has 0 amide bonds. The van der Waals surface area contributed by atoms with E-state index in [0.717, 1.165) is 24.2 Å². The molecule has 35 heavy (non-hydrogen) atoms. The summed E-state index contributed by atoms with van der Waals surface area (Å²) < 4.78 is 12.4. The van der Waals surface area contributed by atoms with E-state index in [4.69, 9.17) is 9.47 Å². The molecule has 0 spiro atoms. The molecule has 2 heterocycles. The fourth-order valence-corrected chi connectivity index (χ4v) is 5.06. The van der Waals surface area contributed by atoms with Gasteiger partial charge in [-0.25, -0.2) is 9.59 Å². The van der Waals surface area contributed by atoms with Gasteiger partial charge in [-0.15, -0.1) is 11.3 Å². The molecule has 0 saturated carbocycles. The largest absolute Gasteiger partial charge is 0.465 e. The van der Waals surface area contributed by atoms with Gasteiger partial charge in [-0.1, -0.05) is 24.3 Å².